The minimum Gasteiger partial charge on any atom is -0.369 e. The van der Waals surface area contributed by atoms with Crippen molar-refractivity contribution in [1.82, 2.24) is 19.5 Å². The van der Waals surface area contributed by atoms with Crippen LogP contribution in [0, 0.1) is 11.7 Å². The Morgan fingerprint density at radius 3 is 2.32 bits per heavy atom. The molecule has 13 heteroatoms. The maximum Gasteiger partial charge on any atom is 0.248 e. The van der Waals surface area contributed by atoms with Gasteiger partial charge in [-0.15, -0.1) is 0 Å². The summed E-state index contributed by atoms with van der Waals surface area (Å²) in [5, 5.41) is 6.48. The van der Waals surface area contributed by atoms with Gasteiger partial charge in [0.25, 0.3) is 0 Å². The number of primary amides is 1. The van der Waals surface area contributed by atoms with Gasteiger partial charge in [0.1, 0.15) is 11.3 Å². The van der Waals surface area contributed by atoms with Gasteiger partial charge in [-0.1, -0.05) is 23.2 Å². The van der Waals surface area contributed by atoms with Crippen molar-refractivity contribution in [2.45, 2.75) is 69.4 Å². The van der Waals surface area contributed by atoms with Crippen molar-refractivity contribution < 1.29 is 18.0 Å². The largest absolute Gasteiger partial charge is 0.369 e. The van der Waals surface area contributed by atoms with E-state index in [2.05, 4.69) is 25.6 Å². The molecular formula is C24H26Cl2F3N7O. The molecule has 0 radical (unpaired) electrons. The molecule has 3 aromatic rings. The third kappa shape index (κ3) is 5.57. The molecule has 2 heterocycles. The first-order valence-electron chi connectivity index (χ1n) is 12.2. The topological polar surface area (TPSA) is 111 Å². The van der Waals surface area contributed by atoms with E-state index in [1.165, 1.54) is 0 Å². The number of fused-ring (bicyclic) bond motifs is 1. The Bertz CT molecular complexity index is 1290. The van der Waals surface area contributed by atoms with E-state index in [1.54, 1.807) is 6.20 Å². The fraction of sp³-hybridized carbons (Fsp3) is 0.500. The molecule has 5 rings (SSSR count). The lowest BCUT2D eigenvalue weighted by molar-refractivity contribution is -0.122. The lowest BCUT2D eigenvalue weighted by atomic mass is 9.85. The van der Waals surface area contributed by atoms with Gasteiger partial charge in [0.2, 0.25) is 23.7 Å². The Labute approximate surface area is 221 Å². The van der Waals surface area contributed by atoms with Crippen LogP contribution in [-0.4, -0.2) is 37.4 Å². The van der Waals surface area contributed by atoms with E-state index >= 15 is 0 Å². The molecular weight excluding hydrogens is 530 g/mol. The number of rotatable bonds is 6. The van der Waals surface area contributed by atoms with Crippen LogP contribution in [0.1, 0.15) is 57.4 Å². The minimum atomic E-state index is -2.63. The number of aromatic nitrogens is 4. The van der Waals surface area contributed by atoms with Gasteiger partial charge in [0.05, 0.1) is 21.9 Å². The molecule has 1 aromatic carbocycles. The van der Waals surface area contributed by atoms with Gasteiger partial charge < -0.3 is 16.4 Å². The zero-order valence-electron chi connectivity index (χ0n) is 19.8. The van der Waals surface area contributed by atoms with E-state index in [9.17, 15) is 18.0 Å². The maximum atomic E-state index is 13.7. The Morgan fingerprint density at radius 2 is 1.70 bits per heavy atom. The van der Waals surface area contributed by atoms with E-state index in [-0.39, 0.29) is 46.8 Å². The van der Waals surface area contributed by atoms with Gasteiger partial charge in [0.15, 0.2) is 5.65 Å². The summed E-state index contributed by atoms with van der Waals surface area (Å²) in [6.45, 7) is 0. The maximum absolute atomic E-state index is 13.7. The molecule has 0 bridgehead atoms. The van der Waals surface area contributed by atoms with Crippen molar-refractivity contribution in [2.75, 3.05) is 10.6 Å². The molecule has 2 saturated carbocycles. The molecule has 2 aliphatic carbocycles. The molecule has 2 aliphatic rings. The lowest BCUT2D eigenvalue weighted by Crippen LogP contribution is -2.32. The summed E-state index contributed by atoms with van der Waals surface area (Å²) in [6.07, 6.45) is 4.38. The van der Waals surface area contributed by atoms with Crippen LogP contribution in [0.5, 0.6) is 0 Å². The number of nitrogens with zero attached hydrogens (tertiary/aromatic N) is 4. The number of halogens is 5. The first-order valence-corrected chi connectivity index (χ1v) is 13.0. The van der Waals surface area contributed by atoms with Crippen LogP contribution in [-0.2, 0) is 4.79 Å². The van der Waals surface area contributed by atoms with E-state index < -0.39 is 11.7 Å². The number of carbonyl (C=O) groups is 1. The Kier molecular flexibility index (Phi) is 7.10. The molecule has 0 unspecified atom stereocenters. The van der Waals surface area contributed by atoms with Crippen LogP contribution in [0.2, 0.25) is 10.0 Å². The number of benzene rings is 1. The molecule has 0 spiro atoms. The molecule has 1 amide bonds. The zero-order valence-corrected chi connectivity index (χ0v) is 21.3. The van der Waals surface area contributed by atoms with Crippen LogP contribution in [0.25, 0.3) is 11.2 Å². The van der Waals surface area contributed by atoms with Crippen LogP contribution in [0.15, 0.2) is 18.3 Å². The molecule has 8 nitrogen and oxygen atoms in total. The van der Waals surface area contributed by atoms with Crippen LogP contribution >= 0.6 is 23.2 Å². The van der Waals surface area contributed by atoms with E-state index in [0.717, 1.165) is 12.1 Å². The minimum absolute atomic E-state index is 0.0720. The quantitative estimate of drug-likeness (QED) is 0.333. The fourth-order valence-electron chi connectivity index (χ4n) is 5.15. The van der Waals surface area contributed by atoms with E-state index in [0.29, 0.717) is 67.3 Å². The number of hydrogen-bond acceptors (Lipinski definition) is 6. The summed E-state index contributed by atoms with van der Waals surface area (Å²) in [5.41, 5.74) is 6.83. The third-order valence-corrected chi connectivity index (χ3v) is 7.79. The Morgan fingerprint density at radius 1 is 1.05 bits per heavy atom. The number of amides is 1. The van der Waals surface area contributed by atoms with Crippen molar-refractivity contribution in [3.63, 3.8) is 0 Å². The van der Waals surface area contributed by atoms with Crippen molar-refractivity contribution in [1.29, 1.82) is 0 Å². The summed E-state index contributed by atoms with van der Waals surface area (Å²) in [4.78, 5) is 25.4. The molecule has 37 heavy (non-hydrogen) atoms. The second kappa shape index (κ2) is 10.2. The highest BCUT2D eigenvalue weighted by Gasteiger charge is 2.35. The summed E-state index contributed by atoms with van der Waals surface area (Å²) in [6, 6.07) is 2.07. The van der Waals surface area contributed by atoms with Gasteiger partial charge in [-0.05, 0) is 50.7 Å². The second-order valence-corrected chi connectivity index (χ2v) is 10.6. The van der Waals surface area contributed by atoms with Gasteiger partial charge in [-0.2, -0.15) is 4.98 Å². The smallest absolute Gasteiger partial charge is 0.248 e. The number of carbonyl (C=O) groups excluding carboxylic acids is 1. The number of nitrogens with one attached hydrogen (secondary N) is 2. The average Bonchev–Trinajstić information content (AvgIpc) is 3.20. The summed E-state index contributed by atoms with van der Waals surface area (Å²) < 4.78 is 42.8. The predicted octanol–water partition coefficient (Wildman–Crippen LogP) is 6.22. The van der Waals surface area contributed by atoms with Crippen molar-refractivity contribution in [2.24, 2.45) is 11.7 Å². The number of anilines is 3. The average molecular weight is 556 g/mol. The van der Waals surface area contributed by atoms with Crippen LogP contribution in [0.3, 0.4) is 0 Å². The molecule has 198 valence electrons. The van der Waals surface area contributed by atoms with Crippen molar-refractivity contribution >= 4 is 57.9 Å². The molecule has 0 aliphatic heterocycles. The number of imidazole rings is 1. The van der Waals surface area contributed by atoms with E-state index in [1.807, 2.05) is 4.57 Å². The molecule has 2 fully saturated rings. The van der Waals surface area contributed by atoms with Crippen LogP contribution in [0.4, 0.5) is 30.8 Å². The highest BCUT2D eigenvalue weighted by atomic mass is 35.5. The number of hydrogen-bond donors (Lipinski definition) is 3. The SMILES string of the molecule is NC(=O)C1CCC(n2c(Nc3c(Cl)cc(F)cc3Cl)nc3cnc(NC4CCC(F)(F)CC4)nc32)CC1. The molecule has 0 saturated heterocycles. The highest BCUT2D eigenvalue weighted by molar-refractivity contribution is 6.39. The summed E-state index contributed by atoms with van der Waals surface area (Å²) in [5.74, 6) is -3.00. The van der Waals surface area contributed by atoms with Gasteiger partial charge in [-0.3, -0.25) is 9.36 Å². The predicted molar refractivity (Wildman–Crippen MR) is 136 cm³/mol. The lowest BCUT2D eigenvalue weighted by Gasteiger charge is -2.29. The Balaban J connectivity index is 1.49. The normalized spacial score (nSPS) is 22.2. The number of alkyl halides is 2. The second-order valence-electron chi connectivity index (χ2n) is 9.76. The first kappa shape index (κ1) is 25.8. The monoisotopic (exact) mass is 555 g/mol. The first-order chi connectivity index (χ1) is 17.6. The fourth-order valence-corrected chi connectivity index (χ4v) is 5.71. The van der Waals surface area contributed by atoms with Gasteiger partial charge in [0, 0.05) is 30.8 Å². The zero-order chi connectivity index (χ0) is 26.3. The molecule has 0 atom stereocenters. The third-order valence-electron chi connectivity index (χ3n) is 7.19. The Hall–Kier alpha value is -2.79. The van der Waals surface area contributed by atoms with Crippen molar-refractivity contribution in [3.05, 3.63) is 34.2 Å². The van der Waals surface area contributed by atoms with Crippen LogP contribution < -0.4 is 16.4 Å². The van der Waals surface area contributed by atoms with Gasteiger partial charge >= 0.3 is 0 Å². The number of nitrogens with two attached hydrogens (primary N) is 1. The molecule has 4 N–H and O–H groups in total. The van der Waals surface area contributed by atoms with Crippen molar-refractivity contribution in [3.8, 4) is 0 Å². The standard InChI is InChI=1S/C24H26Cl2F3N7O/c25-16-9-13(27)10-17(26)19(16)34-23-33-18-11-31-22(32-14-5-7-24(28,29)8-6-14)35-21(18)36(23)15-3-1-12(2-4-15)20(30)37/h9-12,14-15H,1-8H2,(H2,30,37)(H,33,34)(H,31,32,35). The van der Waals surface area contributed by atoms with Gasteiger partial charge in [-0.25, -0.2) is 23.1 Å². The summed E-state index contributed by atoms with van der Waals surface area (Å²) in [7, 11) is 0. The van der Waals surface area contributed by atoms with E-state index in [4.69, 9.17) is 28.9 Å². The summed E-state index contributed by atoms with van der Waals surface area (Å²) >= 11 is 12.5. The molecule has 2 aromatic heterocycles. The highest BCUT2D eigenvalue weighted by Crippen LogP contribution is 2.40.